The van der Waals surface area contributed by atoms with Crippen LogP contribution in [0.25, 0.3) is 11.8 Å². The third kappa shape index (κ3) is 4.94. The molecular weight excluding hydrogens is 498 g/mol. The zero-order valence-corrected chi connectivity index (χ0v) is 21.7. The number of benzene rings is 2. The Morgan fingerprint density at radius 3 is 2.39 bits per heavy atom. The highest BCUT2D eigenvalue weighted by Gasteiger charge is 2.25. The Morgan fingerprint density at radius 2 is 1.76 bits per heavy atom. The molecule has 0 radical (unpaired) electrons. The summed E-state index contributed by atoms with van der Waals surface area (Å²) in [6.45, 7) is 10.8. The summed E-state index contributed by atoms with van der Waals surface area (Å²) in [6.07, 6.45) is 1.94. The van der Waals surface area contributed by atoms with Crippen LogP contribution in [0.5, 0.6) is 5.75 Å². The van der Waals surface area contributed by atoms with E-state index in [-0.39, 0.29) is 5.91 Å². The van der Waals surface area contributed by atoms with Gasteiger partial charge >= 0.3 is 0 Å². The number of aliphatic imine (C=N–C) groups is 1. The molecule has 33 heavy (non-hydrogen) atoms. The molecule has 0 aliphatic carbocycles. The Morgan fingerprint density at radius 1 is 1.09 bits per heavy atom. The van der Waals surface area contributed by atoms with Crippen LogP contribution in [-0.2, 0) is 4.79 Å². The quantitative estimate of drug-likeness (QED) is 0.375. The Balaban J connectivity index is 1.61. The zero-order chi connectivity index (χ0) is 23.7. The Bertz CT molecular complexity index is 1270. The van der Waals surface area contributed by atoms with Gasteiger partial charge in [0, 0.05) is 21.5 Å². The number of nitrogens with one attached hydrogen (secondary N) is 1. The predicted molar refractivity (Wildman–Crippen MR) is 141 cm³/mol. The molecule has 5 nitrogen and oxygen atoms in total. The van der Waals surface area contributed by atoms with E-state index in [4.69, 9.17) is 4.74 Å². The number of aryl methyl sites for hydroxylation is 3. The minimum absolute atomic E-state index is 0.129. The largest absolute Gasteiger partial charge is 0.494 e. The first-order valence-electron chi connectivity index (χ1n) is 10.8. The summed E-state index contributed by atoms with van der Waals surface area (Å²) in [4.78, 5) is 17.9. The molecule has 1 amide bonds. The molecule has 170 valence electrons. The number of aromatic nitrogens is 1. The third-order valence-electron chi connectivity index (χ3n) is 5.47. The molecule has 0 bridgehead atoms. The zero-order valence-electron chi connectivity index (χ0n) is 19.3. The van der Waals surface area contributed by atoms with E-state index in [1.807, 2.05) is 63.2 Å². The van der Waals surface area contributed by atoms with Crippen LogP contribution < -0.4 is 10.1 Å². The molecule has 0 atom stereocenters. The number of halogens is 1. The maximum Gasteiger partial charge on any atom is 0.264 e. The molecule has 0 unspecified atom stereocenters. The molecule has 1 aromatic heterocycles. The summed E-state index contributed by atoms with van der Waals surface area (Å²) < 4.78 is 8.82. The molecule has 7 heteroatoms. The van der Waals surface area contributed by atoms with Gasteiger partial charge in [0.2, 0.25) is 0 Å². The van der Waals surface area contributed by atoms with Crippen LogP contribution in [0.4, 0.5) is 5.69 Å². The molecule has 1 fully saturated rings. The Labute approximate surface area is 207 Å². The number of rotatable bonds is 5. The standard InChI is InChI=1S/C26H26BrN3O2S/c1-6-32-22-9-7-21(8-10-22)30-17(4)13-19(18(30)5)14-23-25(31)29-26(33-23)28-20-11-15(2)24(27)16(3)12-20/h7-14H,6H2,1-5H3,(H,28,29,31)/b23-14-. The number of nitrogens with zero attached hydrogens (tertiary/aromatic N) is 2. The minimum atomic E-state index is -0.129. The lowest BCUT2D eigenvalue weighted by Gasteiger charge is -2.11. The van der Waals surface area contributed by atoms with Gasteiger partial charge in [-0.2, -0.15) is 0 Å². The van der Waals surface area contributed by atoms with Gasteiger partial charge in [-0.15, -0.1) is 0 Å². The van der Waals surface area contributed by atoms with Crippen molar-refractivity contribution < 1.29 is 9.53 Å². The van der Waals surface area contributed by atoms with Crippen LogP contribution in [0, 0.1) is 27.7 Å². The topological polar surface area (TPSA) is 55.6 Å². The van der Waals surface area contributed by atoms with Gasteiger partial charge in [0.05, 0.1) is 17.2 Å². The first-order chi connectivity index (χ1) is 15.8. The highest BCUT2D eigenvalue weighted by atomic mass is 79.9. The Kier molecular flexibility index (Phi) is 6.81. The fourth-order valence-electron chi connectivity index (χ4n) is 3.92. The number of hydrogen-bond donors (Lipinski definition) is 1. The van der Waals surface area contributed by atoms with Crippen molar-refractivity contribution >= 4 is 50.5 Å². The lowest BCUT2D eigenvalue weighted by Crippen LogP contribution is -2.19. The van der Waals surface area contributed by atoms with E-state index < -0.39 is 0 Å². The fraction of sp³-hybridized carbons (Fsp3) is 0.231. The van der Waals surface area contributed by atoms with Crippen LogP contribution in [0.3, 0.4) is 0 Å². The molecule has 2 aromatic carbocycles. The number of hydrogen-bond acceptors (Lipinski definition) is 4. The summed E-state index contributed by atoms with van der Waals surface area (Å²) >= 11 is 4.95. The van der Waals surface area contributed by atoms with Crippen molar-refractivity contribution in [3.05, 3.63) is 79.9 Å². The number of carbonyl (C=O) groups excluding carboxylic acids is 1. The average molecular weight is 524 g/mol. The smallest absolute Gasteiger partial charge is 0.264 e. The van der Waals surface area contributed by atoms with E-state index in [2.05, 4.69) is 50.7 Å². The lowest BCUT2D eigenvalue weighted by molar-refractivity contribution is -0.115. The van der Waals surface area contributed by atoms with E-state index in [0.717, 1.165) is 49.7 Å². The summed E-state index contributed by atoms with van der Waals surface area (Å²) in [7, 11) is 0. The first-order valence-corrected chi connectivity index (χ1v) is 12.4. The van der Waals surface area contributed by atoms with Crippen molar-refractivity contribution in [3.63, 3.8) is 0 Å². The monoisotopic (exact) mass is 523 g/mol. The van der Waals surface area contributed by atoms with Gasteiger partial charge in [-0.3, -0.25) is 4.79 Å². The highest BCUT2D eigenvalue weighted by Crippen LogP contribution is 2.32. The second-order valence-electron chi connectivity index (χ2n) is 7.96. The average Bonchev–Trinajstić information content (AvgIpc) is 3.25. The molecular formula is C26H26BrN3O2S. The summed E-state index contributed by atoms with van der Waals surface area (Å²) in [5.74, 6) is 0.725. The van der Waals surface area contributed by atoms with Gasteiger partial charge in [0.25, 0.3) is 5.91 Å². The molecule has 1 aliphatic rings. The van der Waals surface area contributed by atoms with Crippen molar-refractivity contribution in [1.29, 1.82) is 0 Å². The third-order valence-corrected chi connectivity index (χ3v) is 7.63. The van der Waals surface area contributed by atoms with Crippen molar-refractivity contribution in [3.8, 4) is 11.4 Å². The van der Waals surface area contributed by atoms with Crippen LogP contribution in [0.2, 0.25) is 0 Å². The lowest BCUT2D eigenvalue weighted by atomic mass is 10.1. The van der Waals surface area contributed by atoms with Crippen LogP contribution >= 0.6 is 27.7 Å². The van der Waals surface area contributed by atoms with Gasteiger partial charge in [-0.1, -0.05) is 15.9 Å². The number of carbonyl (C=O) groups is 1. The number of thioether (sulfide) groups is 1. The Hall–Kier alpha value is -2.77. The second kappa shape index (κ2) is 9.61. The minimum Gasteiger partial charge on any atom is -0.494 e. The van der Waals surface area contributed by atoms with Crippen molar-refractivity contribution in [2.45, 2.75) is 34.6 Å². The maximum atomic E-state index is 12.6. The van der Waals surface area contributed by atoms with Crippen molar-refractivity contribution in [2.24, 2.45) is 4.99 Å². The van der Waals surface area contributed by atoms with Crippen molar-refractivity contribution in [2.75, 3.05) is 6.61 Å². The molecule has 0 saturated carbocycles. The number of amidine groups is 1. The summed E-state index contributed by atoms with van der Waals surface area (Å²) in [6, 6.07) is 14.2. The normalized spacial score (nSPS) is 16.0. The molecule has 2 heterocycles. The van der Waals surface area contributed by atoms with Gasteiger partial charge in [-0.05, 0) is 112 Å². The van der Waals surface area contributed by atoms with E-state index in [0.29, 0.717) is 16.7 Å². The van der Waals surface area contributed by atoms with Gasteiger partial charge < -0.3 is 14.6 Å². The van der Waals surface area contributed by atoms with Gasteiger partial charge in [0.15, 0.2) is 5.17 Å². The van der Waals surface area contributed by atoms with E-state index in [9.17, 15) is 4.79 Å². The number of ether oxygens (including phenoxy) is 1. The summed E-state index contributed by atoms with van der Waals surface area (Å²) in [5, 5.41) is 3.48. The molecule has 1 aliphatic heterocycles. The predicted octanol–water partition coefficient (Wildman–Crippen LogP) is 6.76. The SMILES string of the molecule is CCOc1ccc(-n2c(C)cc(/C=C3\SC(=Nc4cc(C)c(Br)c(C)c4)NC3=O)c2C)cc1. The summed E-state index contributed by atoms with van der Waals surface area (Å²) in [5.41, 5.74) is 7.29. The second-order valence-corrected chi connectivity index (χ2v) is 9.79. The molecule has 0 spiro atoms. The van der Waals surface area contributed by atoms with Crippen LogP contribution in [-0.4, -0.2) is 22.2 Å². The maximum absolute atomic E-state index is 12.6. The van der Waals surface area contributed by atoms with Gasteiger partial charge in [-0.25, -0.2) is 4.99 Å². The molecule has 4 rings (SSSR count). The highest BCUT2D eigenvalue weighted by molar-refractivity contribution is 9.10. The van der Waals surface area contributed by atoms with E-state index in [1.165, 1.54) is 11.8 Å². The van der Waals surface area contributed by atoms with Crippen molar-refractivity contribution in [1.82, 2.24) is 9.88 Å². The molecule has 3 aromatic rings. The van der Waals surface area contributed by atoms with E-state index >= 15 is 0 Å². The molecule has 1 saturated heterocycles. The van der Waals surface area contributed by atoms with E-state index in [1.54, 1.807) is 0 Å². The van der Waals surface area contributed by atoms with Crippen LogP contribution in [0.15, 0.2) is 56.8 Å². The number of amides is 1. The van der Waals surface area contributed by atoms with Gasteiger partial charge in [0.1, 0.15) is 5.75 Å². The fourth-order valence-corrected chi connectivity index (χ4v) is 4.98. The first kappa shape index (κ1) is 23.4. The van der Waals surface area contributed by atoms with Crippen LogP contribution in [0.1, 0.15) is 35.0 Å². The molecule has 1 N–H and O–H groups in total.